The minimum Gasteiger partial charge on any atom is -0.361 e. The Bertz CT molecular complexity index is 575. The van der Waals surface area contributed by atoms with Crippen LogP contribution in [0, 0.1) is 0 Å². The normalized spacial score (nSPS) is 20.3. The minimum atomic E-state index is 0.125. The number of rotatable bonds is 1. The summed E-state index contributed by atoms with van der Waals surface area (Å²) in [7, 11) is 0. The van der Waals surface area contributed by atoms with Crippen LogP contribution in [0.1, 0.15) is 17.3 Å². The summed E-state index contributed by atoms with van der Waals surface area (Å²) < 4.78 is 0. The van der Waals surface area contributed by atoms with Gasteiger partial charge >= 0.3 is 0 Å². The van der Waals surface area contributed by atoms with Gasteiger partial charge in [0, 0.05) is 43.0 Å². The highest BCUT2D eigenvalue weighted by Gasteiger charge is 2.23. The Hall–Kier alpha value is -1.81. The fraction of sp³-hybridized carbons (Fsp3) is 0.357. The van der Waals surface area contributed by atoms with Crippen LogP contribution in [0.25, 0.3) is 10.9 Å². The molecular formula is C14H17N3O. The van der Waals surface area contributed by atoms with Crippen LogP contribution in [0.2, 0.25) is 0 Å². The molecule has 1 aromatic carbocycles. The van der Waals surface area contributed by atoms with E-state index >= 15 is 0 Å². The van der Waals surface area contributed by atoms with Crippen molar-refractivity contribution in [3.8, 4) is 0 Å². The maximum atomic E-state index is 12.5. The molecule has 2 N–H and O–H groups in total. The van der Waals surface area contributed by atoms with Crippen LogP contribution in [0.4, 0.5) is 0 Å². The largest absolute Gasteiger partial charge is 0.361 e. The average Bonchev–Trinajstić information content (AvgIpc) is 2.85. The van der Waals surface area contributed by atoms with Crippen molar-refractivity contribution < 1.29 is 4.79 Å². The van der Waals surface area contributed by atoms with Crippen LogP contribution in [-0.2, 0) is 0 Å². The second-order valence-electron chi connectivity index (χ2n) is 4.83. The van der Waals surface area contributed by atoms with Gasteiger partial charge in [-0.15, -0.1) is 0 Å². The lowest BCUT2D eigenvalue weighted by Crippen LogP contribution is -2.52. The van der Waals surface area contributed by atoms with Gasteiger partial charge in [0.05, 0.1) is 0 Å². The van der Waals surface area contributed by atoms with Crippen molar-refractivity contribution in [3.05, 3.63) is 36.0 Å². The number of H-pyrrole nitrogens is 1. The molecule has 1 amide bonds. The lowest BCUT2D eigenvalue weighted by Gasteiger charge is -2.34. The van der Waals surface area contributed by atoms with Crippen molar-refractivity contribution in [3.63, 3.8) is 0 Å². The van der Waals surface area contributed by atoms with E-state index in [1.165, 1.54) is 0 Å². The van der Waals surface area contributed by atoms with E-state index in [4.69, 9.17) is 0 Å². The standard InChI is InChI=1S/C14H17N3O/c1-10-9-15-6-7-17(10)14(18)12-3-2-11-4-5-16-13(11)8-12/h2-5,8,10,15-16H,6-7,9H2,1H3/t10-/m0/s1. The van der Waals surface area contributed by atoms with E-state index < -0.39 is 0 Å². The quantitative estimate of drug-likeness (QED) is 0.799. The van der Waals surface area contributed by atoms with Crippen molar-refractivity contribution in [2.24, 2.45) is 0 Å². The van der Waals surface area contributed by atoms with Gasteiger partial charge in [0.1, 0.15) is 0 Å². The summed E-state index contributed by atoms with van der Waals surface area (Å²) in [5.74, 6) is 0.125. The SMILES string of the molecule is C[C@H]1CNCCN1C(=O)c1ccc2cc[nH]c2c1. The molecule has 4 heteroatoms. The zero-order chi connectivity index (χ0) is 12.5. The van der Waals surface area contributed by atoms with Crippen LogP contribution in [0.15, 0.2) is 30.5 Å². The maximum Gasteiger partial charge on any atom is 0.254 e. The molecule has 1 fully saturated rings. The third-order valence-corrected chi connectivity index (χ3v) is 3.56. The molecule has 1 aromatic heterocycles. The third kappa shape index (κ3) is 1.88. The summed E-state index contributed by atoms with van der Waals surface area (Å²) in [6.07, 6.45) is 1.90. The number of hydrogen-bond acceptors (Lipinski definition) is 2. The zero-order valence-electron chi connectivity index (χ0n) is 10.4. The second kappa shape index (κ2) is 4.46. The molecule has 94 valence electrons. The van der Waals surface area contributed by atoms with Gasteiger partial charge < -0.3 is 15.2 Å². The molecule has 1 atom stereocenters. The van der Waals surface area contributed by atoms with Gasteiger partial charge in [-0.25, -0.2) is 0 Å². The Labute approximate surface area is 106 Å². The molecule has 0 radical (unpaired) electrons. The van der Waals surface area contributed by atoms with Crippen molar-refractivity contribution in [2.45, 2.75) is 13.0 Å². The number of carbonyl (C=O) groups excluding carboxylic acids is 1. The van der Waals surface area contributed by atoms with E-state index in [9.17, 15) is 4.79 Å². The number of nitrogens with zero attached hydrogens (tertiary/aromatic N) is 1. The predicted molar refractivity (Wildman–Crippen MR) is 71.7 cm³/mol. The Morgan fingerprint density at radius 1 is 1.39 bits per heavy atom. The molecule has 1 aliphatic heterocycles. The number of piperazine rings is 1. The number of amides is 1. The van der Waals surface area contributed by atoms with Gasteiger partial charge in [0.2, 0.25) is 0 Å². The first-order valence-corrected chi connectivity index (χ1v) is 6.34. The molecule has 0 spiro atoms. The lowest BCUT2D eigenvalue weighted by molar-refractivity contribution is 0.0656. The number of nitrogens with one attached hydrogen (secondary N) is 2. The smallest absolute Gasteiger partial charge is 0.254 e. The number of aromatic nitrogens is 1. The fourth-order valence-electron chi connectivity index (χ4n) is 2.49. The number of carbonyl (C=O) groups is 1. The van der Waals surface area contributed by atoms with Crippen molar-refractivity contribution in [1.29, 1.82) is 0 Å². The van der Waals surface area contributed by atoms with Gasteiger partial charge in [-0.05, 0) is 30.5 Å². The highest BCUT2D eigenvalue weighted by Crippen LogP contribution is 2.17. The van der Waals surface area contributed by atoms with Gasteiger partial charge in [0.25, 0.3) is 5.91 Å². The maximum absolute atomic E-state index is 12.5. The molecule has 2 aromatic rings. The summed E-state index contributed by atoms with van der Waals surface area (Å²) in [5, 5.41) is 4.44. The average molecular weight is 243 g/mol. The number of aromatic amines is 1. The summed E-state index contributed by atoms with van der Waals surface area (Å²) in [4.78, 5) is 17.6. The van der Waals surface area contributed by atoms with Crippen LogP contribution in [0.5, 0.6) is 0 Å². The van der Waals surface area contributed by atoms with Crippen LogP contribution < -0.4 is 5.32 Å². The molecule has 2 heterocycles. The Morgan fingerprint density at radius 2 is 2.28 bits per heavy atom. The molecule has 0 unspecified atom stereocenters. The molecule has 1 saturated heterocycles. The van der Waals surface area contributed by atoms with Crippen molar-refractivity contribution in [1.82, 2.24) is 15.2 Å². The van der Waals surface area contributed by atoms with E-state index in [1.807, 2.05) is 35.4 Å². The molecule has 0 saturated carbocycles. The van der Waals surface area contributed by atoms with E-state index in [2.05, 4.69) is 17.2 Å². The number of hydrogen-bond donors (Lipinski definition) is 2. The van der Waals surface area contributed by atoms with Crippen LogP contribution >= 0.6 is 0 Å². The van der Waals surface area contributed by atoms with E-state index in [0.717, 1.165) is 36.1 Å². The minimum absolute atomic E-state index is 0.125. The molecule has 1 aliphatic rings. The highest BCUT2D eigenvalue weighted by molar-refractivity contribution is 5.98. The Kier molecular flexibility index (Phi) is 2.80. The van der Waals surface area contributed by atoms with Gasteiger partial charge in [-0.3, -0.25) is 4.79 Å². The molecule has 4 nitrogen and oxygen atoms in total. The first-order chi connectivity index (χ1) is 8.75. The molecule has 0 aliphatic carbocycles. The van der Waals surface area contributed by atoms with Gasteiger partial charge in [-0.1, -0.05) is 6.07 Å². The third-order valence-electron chi connectivity index (χ3n) is 3.56. The van der Waals surface area contributed by atoms with Gasteiger partial charge in [-0.2, -0.15) is 0 Å². The highest BCUT2D eigenvalue weighted by atomic mass is 16.2. The monoisotopic (exact) mass is 243 g/mol. The summed E-state index contributed by atoms with van der Waals surface area (Å²) in [6.45, 7) is 4.61. The Morgan fingerprint density at radius 3 is 3.11 bits per heavy atom. The fourth-order valence-corrected chi connectivity index (χ4v) is 2.49. The molecular weight excluding hydrogens is 226 g/mol. The number of benzene rings is 1. The predicted octanol–water partition coefficient (Wildman–Crippen LogP) is 1.60. The zero-order valence-corrected chi connectivity index (χ0v) is 10.4. The van der Waals surface area contributed by atoms with Gasteiger partial charge in [0.15, 0.2) is 0 Å². The van der Waals surface area contributed by atoms with E-state index in [1.54, 1.807) is 0 Å². The van der Waals surface area contributed by atoms with E-state index in [-0.39, 0.29) is 11.9 Å². The van der Waals surface area contributed by atoms with E-state index in [0.29, 0.717) is 0 Å². The first-order valence-electron chi connectivity index (χ1n) is 6.34. The lowest BCUT2D eigenvalue weighted by atomic mass is 10.1. The van der Waals surface area contributed by atoms with Crippen LogP contribution in [-0.4, -0.2) is 41.5 Å². The topological polar surface area (TPSA) is 48.1 Å². The first kappa shape index (κ1) is 11.3. The Balaban J connectivity index is 1.90. The number of fused-ring (bicyclic) bond motifs is 1. The summed E-state index contributed by atoms with van der Waals surface area (Å²) in [6, 6.07) is 8.11. The summed E-state index contributed by atoms with van der Waals surface area (Å²) >= 11 is 0. The molecule has 0 bridgehead atoms. The molecule has 18 heavy (non-hydrogen) atoms. The molecule has 3 rings (SSSR count). The van der Waals surface area contributed by atoms with Crippen molar-refractivity contribution in [2.75, 3.05) is 19.6 Å². The second-order valence-corrected chi connectivity index (χ2v) is 4.83. The summed E-state index contributed by atoms with van der Waals surface area (Å²) in [5.41, 5.74) is 1.78. The van der Waals surface area contributed by atoms with Crippen LogP contribution in [0.3, 0.4) is 0 Å². The van der Waals surface area contributed by atoms with Crippen molar-refractivity contribution >= 4 is 16.8 Å².